The van der Waals surface area contributed by atoms with Gasteiger partial charge in [0.25, 0.3) is 0 Å². The van der Waals surface area contributed by atoms with E-state index in [9.17, 15) is 0 Å². The standard InChI is InChI=1S/C19H22N4/c1-14-12-20-18-17(14)19(22-13-21-18)23-9-7-16(8-10-23)11-15-5-3-2-4-6-15/h2-6,12-13,16H,7-11H2,1H3,(H,20,21,22). The van der Waals surface area contributed by atoms with Crippen LogP contribution in [-0.2, 0) is 6.42 Å². The Morgan fingerprint density at radius 1 is 1.13 bits per heavy atom. The third-order valence-electron chi connectivity index (χ3n) is 4.93. The van der Waals surface area contributed by atoms with E-state index in [1.54, 1.807) is 6.33 Å². The Morgan fingerprint density at radius 3 is 2.70 bits per heavy atom. The molecule has 0 unspecified atom stereocenters. The monoisotopic (exact) mass is 306 g/mol. The van der Waals surface area contributed by atoms with Crippen molar-refractivity contribution in [1.29, 1.82) is 0 Å². The number of hydrogen-bond donors (Lipinski definition) is 1. The summed E-state index contributed by atoms with van der Waals surface area (Å²) in [7, 11) is 0. The normalized spacial score (nSPS) is 16.1. The van der Waals surface area contributed by atoms with E-state index in [2.05, 4.69) is 57.1 Å². The van der Waals surface area contributed by atoms with Gasteiger partial charge in [-0.3, -0.25) is 0 Å². The molecule has 0 amide bonds. The Balaban J connectivity index is 1.48. The lowest BCUT2D eigenvalue weighted by Crippen LogP contribution is -2.35. The van der Waals surface area contributed by atoms with E-state index in [1.807, 2.05) is 6.20 Å². The van der Waals surface area contributed by atoms with Crippen molar-refractivity contribution in [1.82, 2.24) is 15.0 Å². The number of nitrogens with one attached hydrogen (secondary N) is 1. The average Bonchev–Trinajstić information content (AvgIpc) is 2.98. The molecule has 4 rings (SSSR count). The van der Waals surface area contributed by atoms with Gasteiger partial charge < -0.3 is 9.88 Å². The van der Waals surface area contributed by atoms with Crippen LogP contribution < -0.4 is 4.90 Å². The smallest absolute Gasteiger partial charge is 0.143 e. The Labute approximate surface area is 136 Å². The molecular weight excluding hydrogens is 284 g/mol. The van der Waals surface area contributed by atoms with Crippen LogP contribution in [0.4, 0.5) is 5.82 Å². The first kappa shape index (κ1) is 14.2. The zero-order chi connectivity index (χ0) is 15.6. The van der Waals surface area contributed by atoms with Gasteiger partial charge in [-0.05, 0) is 43.2 Å². The van der Waals surface area contributed by atoms with Gasteiger partial charge in [-0.1, -0.05) is 30.3 Å². The first-order valence-electron chi connectivity index (χ1n) is 8.39. The van der Waals surface area contributed by atoms with Crippen molar-refractivity contribution in [3.63, 3.8) is 0 Å². The fourth-order valence-corrected chi connectivity index (χ4v) is 3.63. The maximum Gasteiger partial charge on any atom is 0.143 e. The van der Waals surface area contributed by atoms with Crippen molar-refractivity contribution in [2.24, 2.45) is 5.92 Å². The largest absolute Gasteiger partial charge is 0.356 e. The third-order valence-corrected chi connectivity index (χ3v) is 4.93. The zero-order valence-corrected chi connectivity index (χ0v) is 13.5. The molecule has 3 heterocycles. The summed E-state index contributed by atoms with van der Waals surface area (Å²) < 4.78 is 0. The molecule has 118 valence electrons. The number of benzene rings is 1. The van der Waals surface area contributed by atoms with Crippen molar-refractivity contribution in [3.05, 3.63) is 54.0 Å². The van der Waals surface area contributed by atoms with Crippen molar-refractivity contribution in [3.8, 4) is 0 Å². The van der Waals surface area contributed by atoms with Gasteiger partial charge in [0.1, 0.15) is 17.8 Å². The van der Waals surface area contributed by atoms with Crippen molar-refractivity contribution in [2.45, 2.75) is 26.2 Å². The number of anilines is 1. The molecule has 2 aromatic heterocycles. The van der Waals surface area contributed by atoms with Crippen LogP contribution in [0.5, 0.6) is 0 Å². The average molecular weight is 306 g/mol. The molecule has 23 heavy (non-hydrogen) atoms. The minimum Gasteiger partial charge on any atom is -0.356 e. The van der Waals surface area contributed by atoms with Gasteiger partial charge in [0, 0.05) is 19.3 Å². The van der Waals surface area contributed by atoms with Gasteiger partial charge in [-0.2, -0.15) is 0 Å². The number of H-pyrrole nitrogens is 1. The second kappa shape index (κ2) is 6.03. The molecule has 0 saturated carbocycles. The molecule has 0 aliphatic carbocycles. The third kappa shape index (κ3) is 2.81. The number of nitrogens with zero attached hydrogens (tertiary/aromatic N) is 3. The highest BCUT2D eigenvalue weighted by molar-refractivity contribution is 5.90. The fourth-order valence-electron chi connectivity index (χ4n) is 3.63. The van der Waals surface area contributed by atoms with E-state index >= 15 is 0 Å². The number of aromatic nitrogens is 3. The minimum absolute atomic E-state index is 0.776. The predicted octanol–water partition coefficient (Wildman–Crippen LogP) is 3.73. The second-order valence-corrected chi connectivity index (χ2v) is 6.51. The summed E-state index contributed by atoms with van der Waals surface area (Å²) in [6, 6.07) is 10.8. The van der Waals surface area contributed by atoms with Crippen molar-refractivity contribution >= 4 is 16.9 Å². The Kier molecular flexibility index (Phi) is 3.74. The molecule has 1 N–H and O–H groups in total. The van der Waals surface area contributed by atoms with Crippen LogP contribution in [0.3, 0.4) is 0 Å². The molecule has 1 aromatic carbocycles. The molecular formula is C19H22N4. The predicted molar refractivity (Wildman–Crippen MR) is 93.7 cm³/mol. The summed E-state index contributed by atoms with van der Waals surface area (Å²) in [5, 5.41) is 1.18. The van der Waals surface area contributed by atoms with E-state index in [-0.39, 0.29) is 0 Å². The lowest BCUT2D eigenvalue weighted by atomic mass is 9.90. The van der Waals surface area contributed by atoms with Gasteiger partial charge in [-0.25, -0.2) is 9.97 Å². The second-order valence-electron chi connectivity index (χ2n) is 6.51. The Bertz CT molecular complexity index is 785. The summed E-state index contributed by atoms with van der Waals surface area (Å²) in [4.78, 5) is 14.6. The van der Waals surface area contributed by atoms with E-state index < -0.39 is 0 Å². The number of hydrogen-bond acceptors (Lipinski definition) is 3. The van der Waals surface area contributed by atoms with E-state index in [4.69, 9.17) is 0 Å². The Hall–Kier alpha value is -2.36. The van der Waals surface area contributed by atoms with Crippen LogP contribution >= 0.6 is 0 Å². The zero-order valence-electron chi connectivity index (χ0n) is 13.5. The highest BCUT2D eigenvalue weighted by atomic mass is 15.2. The maximum absolute atomic E-state index is 4.57. The molecule has 1 aliphatic rings. The summed E-state index contributed by atoms with van der Waals surface area (Å²) >= 11 is 0. The molecule has 1 saturated heterocycles. The SMILES string of the molecule is Cc1c[nH]c2ncnc(N3CCC(Cc4ccccc4)CC3)c12. The first-order chi connectivity index (χ1) is 11.3. The van der Waals surface area contributed by atoms with Gasteiger partial charge in [0.05, 0.1) is 5.39 Å². The van der Waals surface area contributed by atoms with Gasteiger partial charge in [0.2, 0.25) is 0 Å². The van der Waals surface area contributed by atoms with Crippen LogP contribution in [0.2, 0.25) is 0 Å². The van der Waals surface area contributed by atoms with Crippen molar-refractivity contribution < 1.29 is 0 Å². The number of aromatic amines is 1. The van der Waals surface area contributed by atoms with Gasteiger partial charge >= 0.3 is 0 Å². The quantitative estimate of drug-likeness (QED) is 0.802. The molecule has 0 spiro atoms. The summed E-state index contributed by atoms with van der Waals surface area (Å²) in [6.45, 7) is 4.27. The molecule has 0 atom stereocenters. The van der Waals surface area contributed by atoms with Crippen LogP contribution in [0.15, 0.2) is 42.9 Å². The number of rotatable bonds is 3. The minimum atomic E-state index is 0.776. The molecule has 0 bridgehead atoms. The molecule has 4 nitrogen and oxygen atoms in total. The van der Waals surface area contributed by atoms with Crippen LogP contribution in [-0.4, -0.2) is 28.0 Å². The maximum atomic E-state index is 4.57. The van der Waals surface area contributed by atoms with E-state index in [0.29, 0.717) is 0 Å². The lowest BCUT2D eigenvalue weighted by molar-refractivity contribution is 0.402. The lowest BCUT2D eigenvalue weighted by Gasteiger charge is -2.33. The van der Waals surface area contributed by atoms with Crippen LogP contribution in [0.25, 0.3) is 11.0 Å². The van der Waals surface area contributed by atoms with Crippen LogP contribution in [0, 0.1) is 12.8 Å². The summed E-state index contributed by atoms with van der Waals surface area (Å²) in [5.41, 5.74) is 3.62. The van der Waals surface area contributed by atoms with E-state index in [0.717, 1.165) is 30.5 Å². The molecule has 3 aromatic rings. The number of piperidine rings is 1. The Morgan fingerprint density at radius 2 is 1.91 bits per heavy atom. The summed E-state index contributed by atoms with van der Waals surface area (Å²) in [5.74, 6) is 1.87. The number of fused-ring (bicyclic) bond motifs is 1. The van der Waals surface area contributed by atoms with Crippen LogP contribution in [0.1, 0.15) is 24.0 Å². The fraction of sp³-hybridized carbons (Fsp3) is 0.368. The topological polar surface area (TPSA) is 44.8 Å². The van der Waals surface area contributed by atoms with E-state index in [1.165, 1.54) is 35.8 Å². The summed E-state index contributed by atoms with van der Waals surface area (Å²) in [6.07, 6.45) is 7.33. The molecule has 1 aliphatic heterocycles. The molecule has 1 fully saturated rings. The molecule has 4 heteroatoms. The van der Waals surface area contributed by atoms with Gasteiger partial charge in [0.15, 0.2) is 0 Å². The van der Waals surface area contributed by atoms with Crippen molar-refractivity contribution in [2.75, 3.05) is 18.0 Å². The number of aryl methyl sites for hydroxylation is 1. The highest BCUT2D eigenvalue weighted by Gasteiger charge is 2.22. The first-order valence-corrected chi connectivity index (χ1v) is 8.39. The molecule has 0 radical (unpaired) electrons. The van der Waals surface area contributed by atoms with Gasteiger partial charge in [-0.15, -0.1) is 0 Å². The highest BCUT2D eigenvalue weighted by Crippen LogP contribution is 2.30.